The summed E-state index contributed by atoms with van der Waals surface area (Å²) in [6.45, 7) is 2.15. The summed E-state index contributed by atoms with van der Waals surface area (Å²) in [4.78, 5) is 34.7. The molecule has 1 unspecified atom stereocenters. The summed E-state index contributed by atoms with van der Waals surface area (Å²) in [6, 6.07) is 15.8. The molecule has 0 heterocycles. The van der Waals surface area contributed by atoms with E-state index in [-0.39, 0.29) is 25.5 Å². The number of carbonyl (C=O) groups excluding carboxylic acids is 2. The number of carboxylic acids is 1. The Labute approximate surface area is 181 Å². The largest absolute Gasteiger partial charge is 0.481 e. The average molecular weight is 422 g/mol. The maximum atomic E-state index is 12.1. The average Bonchev–Trinajstić information content (AvgIpc) is 3.08. The molecule has 31 heavy (non-hydrogen) atoms. The van der Waals surface area contributed by atoms with E-state index in [0.29, 0.717) is 6.42 Å². The van der Waals surface area contributed by atoms with Crippen LogP contribution in [-0.2, 0) is 14.3 Å². The van der Waals surface area contributed by atoms with Crippen LogP contribution in [0.4, 0.5) is 4.79 Å². The van der Waals surface area contributed by atoms with Crippen LogP contribution in [-0.4, -0.2) is 42.3 Å². The molecular weight excluding hydrogens is 396 g/mol. The van der Waals surface area contributed by atoms with Gasteiger partial charge in [-0.05, 0) is 28.7 Å². The van der Waals surface area contributed by atoms with Gasteiger partial charge in [0.05, 0.1) is 6.42 Å². The number of rotatable bonds is 9. The molecule has 7 nitrogen and oxygen atoms in total. The van der Waals surface area contributed by atoms with Gasteiger partial charge in [-0.15, -0.1) is 0 Å². The van der Waals surface area contributed by atoms with E-state index in [9.17, 15) is 14.4 Å². The Hall–Kier alpha value is -3.61. The Bertz CT molecular complexity index is 940. The zero-order chi connectivity index (χ0) is 22.2. The lowest BCUT2D eigenvalue weighted by molar-refractivity contribution is -0.137. The molecule has 1 atom stereocenters. The van der Waals surface area contributed by atoms with Crippen LogP contribution >= 0.6 is 0 Å². The molecule has 1 aliphatic carbocycles. The molecule has 1 aliphatic rings. The Kier molecular flexibility index (Phi) is 7.43. The molecule has 2 aromatic rings. The van der Waals surface area contributed by atoms with Crippen LogP contribution in [0.15, 0.2) is 60.7 Å². The Balaban J connectivity index is 1.46. The Morgan fingerprint density at radius 1 is 1.06 bits per heavy atom. The zero-order valence-electron chi connectivity index (χ0n) is 17.3. The van der Waals surface area contributed by atoms with Crippen LogP contribution in [0.25, 0.3) is 11.1 Å². The summed E-state index contributed by atoms with van der Waals surface area (Å²) in [5.74, 6) is -1.38. The Morgan fingerprint density at radius 3 is 2.26 bits per heavy atom. The number of fused-ring (bicyclic) bond motifs is 3. The topological polar surface area (TPSA) is 105 Å². The van der Waals surface area contributed by atoms with Gasteiger partial charge >= 0.3 is 12.1 Å². The van der Waals surface area contributed by atoms with Gasteiger partial charge in [-0.2, -0.15) is 0 Å². The van der Waals surface area contributed by atoms with Gasteiger partial charge in [-0.3, -0.25) is 9.59 Å². The summed E-state index contributed by atoms with van der Waals surface area (Å²) in [6.07, 6.45) is 2.58. The van der Waals surface area contributed by atoms with Gasteiger partial charge in [0, 0.05) is 24.6 Å². The van der Waals surface area contributed by atoms with Crippen molar-refractivity contribution in [3.8, 4) is 11.1 Å². The lowest BCUT2D eigenvalue weighted by atomic mass is 9.98. The smallest absolute Gasteiger partial charge is 0.407 e. The first-order valence-electron chi connectivity index (χ1n) is 10.3. The molecular formula is C24H26N2O5. The minimum absolute atomic E-state index is 0.0142. The first-order valence-corrected chi connectivity index (χ1v) is 10.3. The fourth-order valence-corrected chi connectivity index (χ4v) is 3.72. The van der Waals surface area contributed by atoms with Crippen LogP contribution in [0.1, 0.15) is 36.8 Å². The normalized spacial score (nSPS) is 13.3. The molecule has 0 aromatic heterocycles. The maximum absolute atomic E-state index is 12.1. The quantitative estimate of drug-likeness (QED) is 0.537. The molecule has 2 aromatic carbocycles. The van der Waals surface area contributed by atoms with Crippen LogP contribution in [0.2, 0.25) is 0 Å². The molecule has 0 spiro atoms. The van der Waals surface area contributed by atoms with Crippen LogP contribution in [0.3, 0.4) is 0 Å². The molecule has 0 aliphatic heterocycles. The highest BCUT2D eigenvalue weighted by molar-refractivity contribution is 5.88. The second kappa shape index (κ2) is 10.4. The monoisotopic (exact) mass is 422 g/mol. The molecule has 0 radical (unpaired) electrons. The molecule has 7 heteroatoms. The van der Waals surface area contributed by atoms with Crippen LogP contribution in [0.5, 0.6) is 0 Å². The van der Waals surface area contributed by atoms with Crippen molar-refractivity contribution in [2.45, 2.75) is 31.7 Å². The van der Waals surface area contributed by atoms with Crippen molar-refractivity contribution < 1.29 is 24.2 Å². The summed E-state index contributed by atoms with van der Waals surface area (Å²) >= 11 is 0. The highest BCUT2D eigenvalue weighted by atomic mass is 16.5. The van der Waals surface area contributed by atoms with Gasteiger partial charge in [0.1, 0.15) is 6.61 Å². The standard InChI is InChI=1S/C24H26N2O5/c1-2-16(14-23(28)29)26-22(27)12-7-13-25-24(30)31-15-21-19-10-5-3-8-17(19)18-9-4-6-11-20(18)21/h3-12,16,21H,2,13-15H2,1H3,(H,25,30)(H,26,27)(H,28,29)/b12-7+. The summed E-state index contributed by atoms with van der Waals surface area (Å²) in [5, 5.41) is 14.0. The van der Waals surface area contributed by atoms with Crippen molar-refractivity contribution in [3.63, 3.8) is 0 Å². The molecule has 162 valence electrons. The molecule has 2 amide bonds. The van der Waals surface area contributed by atoms with Crippen LogP contribution in [0, 0.1) is 0 Å². The fraction of sp³-hybridized carbons (Fsp3) is 0.292. The van der Waals surface area contributed by atoms with Crippen molar-refractivity contribution >= 4 is 18.0 Å². The molecule has 0 saturated heterocycles. The highest BCUT2D eigenvalue weighted by Crippen LogP contribution is 2.44. The lowest BCUT2D eigenvalue weighted by Gasteiger charge is -2.14. The molecule has 3 rings (SSSR count). The number of carboxylic acid groups (broad SMARTS) is 1. The molecule has 0 saturated carbocycles. The van der Waals surface area contributed by atoms with Crippen molar-refractivity contribution in [2.24, 2.45) is 0 Å². The number of carbonyl (C=O) groups is 3. The number of aliphatic carboxylic acids is 1. The van der Waals surface area contributed by atoms with Gasteiger partial charge < -0.3 is 20.5 Å². The van der Waals surface area contributed by atoms with Crippen molar-refractivity contribution in [3.05, 3.63) is 71.8 Å². The minimum Gasteiger partial charge on any atom is -0.481 e. The zero-order valence-corrected chi connectivity index (χ0v) is 17.3. The molecule has 3 N–H and O–H groups in total. The summed E-state index contributed by atoms with van der Waals surface area (Å²) in [7, 11) is 0. The third-order valence-corrected chi connectivity index (χ3v) is 5.24. The van der Waals surface area contributed by atoms with Crippen molar-refractivity contribution in [1.29, 1.82) is 0 Å². The predicted molar refractivity (Wildman–Crippen MR) is 117 cm³/mol. The summed E-state index contributed by atoms with van der Waals surface area (Å²) in [5.41, 5.74) is 4.60. The lowest BCUT2D eigenvalue weighted by Crippen LogP contribution is -2.35. The van der Waals surface area contributed by atoms with Crippen molar-refractivity contribution in [1.82, 2.24) is 10.6 Å². The number of hydrogen-bond donors (Lipinski definition) is 3. The van der Waals surface area contributed by atoms with E-state index in [1.807, 2.05) is 24.3 Å². The maximum Gasteiger partial charge on any atom is 0.407 e. The van der Waals surface area contributed by atoms with E-state index in [4.69, 9.17) is 9.84 Å². The number of hydrogen-bond acceptors (Lipinski definition) is 4. The SMILES string of the molecule is CCC(CC(=O)O)NC(=O)/C=C/CNC(=O)OCC1c2ccccc2-c2ccccc21. The minimum atomic E-state index is -0.965. The van der Waals surface area contributed by atoms with Gasteiger partial charge in [0.2, 0.25) is 5.91 Å². The molecule has 0 fully saturated rings. The third-order valence-electron chi connectivity index (χ3n) is 5.24. The van der Waals surface area contributed by atoms with E-state index in [0.717, 1.165) is 22.3 Å². The number of alkyl carbamates (subject to hydrolysis) is 1. The van der Waals surface area contributed by atoms with Gasteiger partial charge in [-0.1, -0.05) is 61.5 Å². The number of benzene rings is 2. The van der Waals surface area contributed by atoms with E-state index >= 15 is 0 Å². The van der Waals surface area contributed by atoms with Crippen molar-refractivity contribution in [2.75, 3.05) is 13.2 Å². The second-order valence-electron chi connectivity index (χ2n) is 7.32. The van der Waals surface area contributed by atoms with E-state index in [2.05, 4.69) is 34.9 Å². The summed E-state index contributed by atoms with van der Waals surface area (Å²) < 4.78 is 5.42. The predicted octanol–water partition coefficient (Wildman–Crippen LogP) is 3.45. The fourth-order valence-electron chi connectivity index (χ4n) is 3.72. The van der Waals surface area contributed by atoms with E-state index in [1.54, 1.807) is 6.92 Å². The first kappa shape index (κ1) is 22.1. The van der Waals surface area contributed by atoms with E-state index in [1.165, 1.54) is 12.2 Å². The third kappa shape index (κ3) is 5.72. The van der Waals surface area contributed by atoms with Gasteiger partial charge in [-0.25, -0.2) is 4.79 Å². The van der Waals surface area contributed by atoms with E-state index < -0.39 is 24.0 Å². The second-order valence-corrected chi connectivity index (χ2v) is 7.32. The van der Waals surface area contributed by atoms with Gasteiger partial charge in [0.15, 0.2) is 0 Å². The first-order chi connectivity index (χ1) is 15.0. The van der Waals surface area contributed by atoms with Crippen LogP contribution < -0.4 is 10.6 Å². The molecule has 0 bridgehead atoms. The number of nitrogens with one attached hydrogen (secondary N) is 2. The highest BCUT2D eigenvalue weighted by Gasteiger charge is 2.28. The Morgan fingerprint density at radius 2 is 1.68 bits per heavy atom. The number of ether oxygens (including phenoxy) is 1. The number of amides is 2. The van der Waals surface area contributed by atoms with Gasteiger partial charge in [0.25, 0.3) is 0 Å².